The molecule has 0 fully saturated rings. The molecular weight excluding hydrogens is 330 g/mol. The van der Waals surface area contributed by atoms with E-state index in [1.165, 1.54) is 0 Å². The fourth-order valence-electron chi connectivity index (χ4n) is 3.07. The number of anilines is 1. The maximum Gasteiger partial charge on any atom is 0.229 e. The van der Waals surface area contributed by atoms with Crippen LogP contribution in [0.1, 0.15) is 22.4 Å². The van der Waals surface area contributed by atoms with Crippen LogP contribution in [0.25, 0.3) is 5.69 Å². The van der Waals surface area contributed by atoms with Crippen LogP contribution in [0.2, 0.25) is 0 Å². The summed E-state index contributed by atoms with van der Waals surface area (Å²) < 4.78 is 1.89. The van der Waals surface area contributed by atoms with Crippen molar-refractivity contribution in [2.45, 2.75) is 24.9 Å². The predicted molar refractivity (Wildman–Crippen MR) is 102 cm³/mol. The highest BCUT2D eigenvalue weighted by molar-refractivity contribution is 7.98. The molecule has 2 heterocycles. The smallest absolute Gasteiger partial charge is 0.229 e. The summed E-state index contributed by atoms with van der Waals surface area (Å²) in [6, 6.07) is 17.9. The average Bonchev–Trinajstić information content (AvgIpc) is 3.19. The molecule has 3 aromatic rings. The van der Waals surface area contributed by atoms with Crippen molar-refractivity contribution in [3.63, 3.8) is 0 Å². The van der Waals surface area contributed by atoms with Gasteiger partial charge in [-0.05, 0) is 24.1 Å². The van der Waals surface area contributed by atoms with Gasteiger partial charge in [-0.2, -0.15) is 16.9 Å². The summed E-state index contributed by atoms with van der Waals surface area (Å²) in [5.74, 6) is 2.59. The summed E-state index contributed by atoms with van der Waals surface area (Å²) >= 11 is 1.84. The average molecular weight is 349 g/mol. The van der Waals surface area contributed by atoms with Gasteiger partial charge in [0.05, 0.1) is 17.8 Å². The minimum absolute atomic E-state index is 0.0133. The number of hydrogen-bond acceptors (Lipinski definition) is 3. The number of nitrogens with one attached hydrogen (secondary N) is 1. The van der Waals surface area contributed by atoms with E-state index < -0.39 is 0 Å². The number of rotatable bonds is 4. The molecule has 2 aromatic carbocycles. The molecule has 4 rings (SSSR count). The van der Waals surface area contributed by atoms with Crippen LogP contribution < -0.4 is 5.32 Å². The highest BCUT2D eigenvalue weighted by Crippen LogP contribution is 2.36. The Morgan fingerprint density at radius 2 is 1.88 bits per heavy atom. The fraction of sp³-hybridized carbons (Fsp3) is 0.200. The normalized spacial score (nSPS) is 12.8. The van der Waals surface area contributed by atoms with Crippen molar-refractivity contribution in [1.29, 1.82) is 0 Å². The zero-order valence-corrected chi connectivity index (χ0v) is 14.8. The van der Waals surface area contributed by atoms with Gasteiger partial charge in [-0.1, -0.05) is 48.5 Å². The Hall–Kier alpha value is -2.53. The number of thioether (sulfide) groups is 1. The van der Waals surface area contributed by atoms with Gasteiger partial charge in [0, 0.05) is 17.1 Å². The summed E-state index contributed by atoms with van der Waals surface area (Å²) in [7, 11) is 0. The first-order valence-corrected chi connectivity index (χ1v) is 9.46. The standard InChI is InChI=1S/C20H19N3OS/c1-14-7-5-6-10-18(14)23-20(16-12-25-13-17(16)22-23)21-19(24)11-15-8-3-2-4-9-15/h2-10H,11-13H2,1H3,(H,21,24). The van der Waals surface area contributed by atoms with Crippen molar-refractivity contribution in [2.75, 3.05) is 5.32 Å². The number of nitrogens with zero attached hydrogens (tertiary/aromatic N) is 2. The number of carbonyl (C=O) groups excluding carboxylic acids is 1. The molecule has 25 heavy (non-hydrogen) atoms. The molecule has 1 aliphatic heterocycles. The molecule has 1 N–H and O–H groups in total. The molecule has 0 unspecified atom stereocenters. The second kappa shape index (κ2) is 6.76. The molecule has 0 bridgehead atoms. The molecule has 126 valence electrons. The quantitative estimate of drug-likeness (QED) is 0.771. The van der Waals surface area contributed by atoms with Crippen molar-refractivity contribution < 1.29 is 4.79 Å². The van der Waals surface area contributed by atoms with Crippen LogP contribution >= 0.6 is 11.8 Å². The van der Waals surface area contributed by atoms with Crippen molar-refractivity contribution in [2.24, 2.45) is 0 Å². The topological polar surface area (TPSA) is 46.9 Å². The molecular formula is C20H19N3OS. The first kappa shape index (κ1) is 16.0. The SMILES string of the molecule is Cc1ccccc1-n1nc2c(c1NC(=O)Cc1ccccc1)CSC2. The minimum Gasteiger partial charge on any atom is -0.310 e. The lowest BCUT2D eigenvalue weighted by Crippen LogP contribution is -2.18. The van der Waals surface area contributed by atoms with Crippen LogP contribution in [-0.4, -0.2) is 15.7 Å². The van der Waals surface area contributed by atoms with Gasteiger partial charge in [-0.15, -0.1) is 0 Å². The number of aryl methyl sites for hydroxylation is 1. The molecule has 1 amide bonds. The monoisotopic (exact) mass is 349 g/mol. The zero-order chi connectivity index (χ0) is 17.2. The van der Waals surface area contributed by atoms with Gasteiger partial charge < -0.3 is 5.32 Å². The van der Waals surface area contributed by atoms with Crippen molar-refractivity contribution >= 4 is 23.5 Å². The molecule has 0 saturated carbocycles. The van der Waals surface area contributed by atoms with Crippen LogP contribution in [0.4, 0.5) is 5.82 Å². The molecule has 0 spiro atoms. The number of fused-ring (bicyclic) bond motifs is 1. The number of aromatic nitrogens is 2. The van der Waals surface area contributed by atoms with Crippen molar-refractivity contribution in [3.8, 4) is 5.69 Å². The van der Waals surface area contributed by atoms with E-state index in [4.69, 9.17) is 5.10 Å². The van der Waals surface area contributed by atoms with Crippen molar-refractivity contribution in [1.82, 2.24) is 9.78 Å². The summed E-state index contributed by atoms with van der Waals surface area (Å²) in [5, 5.41) is 7.88. The highest BCUT2D eigenvalue weighted by Gasteiger charge is 2.25. The highest BCUT2D eigenvalue weighted by atomic mass is 32.2. The second-order valence-corrected chi connectivity index (χ2v) is 7.16. The minimum atomic E-state index is -0.0133. The summed E-state index contributed by atoms with van der Waals surface area (Å²) in [5.41, 5.74) is 5.37. The van der Waals surface area contributed by atoms with E-state index in [-0.39, 0.29) is 5.91 Å². The molecule has 1 aliphatic rings. The van der Waals surface area contributed by atoms with E-state index >= 15 is 0 Å². The molecule has 5 heteroatoms. The van der Waals surface area contributed by atoms with Gasteiger partial charge in [0.2, 0.25) is 5.91 Å². The van der Waals surface area contributed by atoms with E-state index in [1.807, 2.05) is 65.0 Å². The molecule has 0 atom stereocenters. The number of carbonyl (C=O) groups is 1. The number of amides is 1. The molecule has 4 nitrogen and oxygen atoms in total. The first-order chi connectivity index (χ1) is 12.2. The number of para-hydroxylation sites is 1. The van der Waals surface area contributed by atoms with Gasteiger partial charge in [-0.25, -0.2) is 4.68 Å². The van der Waals surface area contributed by atoms with E-state index in [9.17, 15) is 4.79 Å². The Morgan fingerprint density at radius 3 is 2.68 bits per heavy atom. The Bertz CT molecular complexity index is 918. The van der Waals surface area contributed by atoms with E-state index in [2.05, 4.69) is 18.3 Å². The molecule has 0 saturated heterocycles. The van der Waals surface area contributed by atoms with Crippen LogP contribution in [0.5, 0.6) is 0 Å². The van der Waals surface area contributed by atoms with E-state index in [0.717, 1.165) is 45.4 Å². The van der Waals surface area contributed by atoms with Gasteiger partial charge >= 0.3 is 0 Å². The second-order valence-electron chi connectivity index (χ2n) is 6.18. The van der Waals surface area contributed by atoms with Crippen LogP contribution in [0.15, 0.2) is 54.6 Å². The summed E-state index contributed by atoms with van der Waals surface area (Å²) in [6.07, 6.45) is 0.363. The number of benzene rings is 2. The molecule has 1 aromatic heterocycles. The third-order valence-electron chi connectivity index (χ3n) is 4.36. The number of hydrogen-bond donors (Lipinski definition) is 1. The van der Waals surface area contributed by atoms with E-state index in [0.29, 0.717) is 6.42 Å². The Kier molecular flexibility index (Phi) is 4.32. The molecule has 0 radical (unpaired) electrons. The third-order valence-corrected chi connectivity index (χ3v) is 5.33. The van der Waals surface area contributed by atoms with Crippen molar-refractivity contribution in [3.05, 3.63) is 77.0 Å². The zero-order valence-electron chi connectivity index (χ0n) is 14.0. The van der Waals surface area contributed by atoms with Gasteiger partial charge in [-0.3, -0.25) is 4.79 Å². The predicted octanol–water partition coefficient (Wildman–Crippen LogP) is 4.11. The van der Waals surface area contributed by atoms with Crippen LogP contribution in [0, 0.1) is 6.92 Å². The van der Waals surface area contributed by atoms with Gasteiger partial charge in [0.1, 0.15) is 5.82 Å². The maximum absolute atomic E-state index is 12.6. The lowest BCUT2D eigenvalue weighted by molar-refractivity contribution is -0.115. The molecule has 0 aliphatic carbocycles. The fourth-order valence-corrected chi connectivity index (χ4v) is 4.11. The maximum atomic E-state index is 12.6. The van der Waals surface area contributed by atoms with Gasteiger partial charge in [0.15, 0.2) is 0 Å². The van der Waals surface area contributed by atoms with Crippen LogP contribution in [-0.2, 0) is 22.7 Å². The Balaban J connectivity index is 1.67. The third kappa shape index (κ3) is 3.20. The van der Waals surface area contributed by atoms with E-state index in [1.54, 1.807) is 0 Å². The summed E-state index contributed by atoms with van der Waals surface area (Å²) in [4.78, 5) is 12.6. The van der Waals surface area contributed by atoms with Gasteiger partial charge in [0.25, 0.3) is 0 Å². The lowest BCUT2D eigenvalue weighted by atomic mass is 10.1. The largest absolute Gasteiger partial charge is 0.310 e. The van der Waals surface area contributed by atoms with Crippen LogP contribution in [0.3, 0.4) is 0 Å². The Labute approximate surface area is 151 Å². The lowest BCUT2D eigenvalue weighted by Gasteiger charge is -2.13. The summed E-state index contributed by atoms with van der Waals surface area (Å²) in [6.45, 7) is 2.06. The first-order valence-electron chi connectivity index (χ1n) is 8.30. The Morgan fingerprint density at radius 1 is 1.12 bits per heavy atom.